The molecule has 1 fully saturated rings. The molecule has 0 bridgehead atoms. The second kappa shape index (κ2) is 18.4. The van der Waals surface area contributed by atoms with Crippen molar-refractivity contribution in [1.82, 2.24) is 9.80 Å². The summed E-state index contributed by atoms with van der Waals surface area (Å²) < 4.78 is 70.8. The van der Waals surface area contributed by atoms with Gasteiger partial charge in [0.1, 0.15) is 13.2 Å². The third kappa shape index (κ3) is 11.6. The molecule has 1 N–H and O–H groups in total. The Kier molecular flexibility index (Phi) is 13.6. The van der Waals surface area contributed by atoms with Crippen LogP contribution in [0.2, 0.25) is 0 Å². The molecule has 3 aromatic carbocycles. The van der Waals surface area contributed by atoms with E-state index < -0.39 is 62.4 Å². The molecule has 3 aromatic rings. The first-order chi connectivity index (χ1) is 27.2. The van der Waals surface area contributed by atoms with Crippen LogP contribution >= 0.6 is 15.9 Å². The summed E-state index contributed by atoms with van der Waals surface area (Å²) in [6.07, 6.45) is 9.31. The van der Waals surface area contributed by atoms with Crippen molar-refractivity contribution in [2.45, 2.75) is 38.6 Å². The number of nitrogens with zero attached hydrogens (tertiary/aromatic N) is 2. The lowest BCUT2D eigenvalue weighted by Gasteiger charge is -2.33. The van der Waals surface area contributed by atoms with E-state index in [1.54, 1.807) is 30.3 Å². The maximum absolute atomic E-state index is 14.1. The van der Waals surface area contributed by atoms with Crippen molar-refractivity contribution in [2.75, 3.05) is 57.1 Å². The molecule has 3 heterocycles. The Labute approximate surface area is 341 Å². The van der Waals surface area contributed by atoms with E-state index in [0.717, 1.165) is 48.8 Å². The van der Waals surface area contributed by atoms with Gasteiger partial charge in [0.25, 0.3) is 0 Å². The number of aliphatic hydroxyl groups is 1. The molecule has 0 amide bonds. The van der Waals surface area contributed by atoms with E-state index in [0.29, 0.717) is 32.7 Å². The Bertz CT molecular complexity index is 2280. The van der Waals surface area contributed by atoms with Crippen LogP contribution in [0, 0.1) is 0 Å². The van der Waals surface area contributed by atoms with Gasteiger partial charge in [-0.2, -0.15) is 0 Å². The zero-order valence-electron chi connectivity index (χ0n) is 31.7. The highest BCUT2D eigenvalue weighted by molar-refractivity contribution is 9.10. The number of carbonyl (C=O) groups excluding carboxylic acids is 2. The molecule has 0 saturated carbocycles. The Morgan fingerprint density at radius 3 is 1.98 bits per heavy atom. The molecule has 1 saturated heterocycles. The fourth-order valence-corrected chi connectivity index (χ4v) is 7.85. The van der Waals surface area contributed by atoms with E-state index in [-0.39, 0.29) is 31.1 Å². The number of likely N-dealkylation sites (tertiary alicyclic amines) is 1. The van der Waals surface area contributed by atoms with Gasteiger partial charge < -0.3 is 29.0 Å². The molecular formula is C41H45BrN2O11S2. The molecule has 1 unspecified atom stereocenters. The molecule has 0 spiro atoms. The summed E-state index contributed by atoms with van der Waals surface area (Å²) in [6, 6.07) is 18.3. The van der Waals surface area contributed by atoms with Gasteiger partial charge >= 0.3 is 11.9 Å². The van der Waals surface area contributed by atoms with Crippen LogP contribution in [-0.4, -0.2) is 101 Å². The van der Waals surface area contributed by atoms with Crippen molar-refractivity contribution in [3.05, 3.63) is 122 Å². The van der Waals surface area contributed by atoms with E-state index in [2.05, 4.69) is 33.0 Å². The van der Waals surface area contributed by atoms with Crippen LogP contribution in [0.3, 0.4) is 0 Å². The Hall–Kier alpha value is -4.48. The lowest BCUT2D eigenvalue weighted by atomic mass is 9.92. The normalized spacial score (nSPS) is 17.3. The number of rotatable bonds is 15. The molecule has 16 heteroatoms. The van der Waals surface area contributed by atoms with Crippen molar-refractivity contribution in [1.29, 1.82) is 0 Å². The lowest BCUT2D eigenvalue weighted by Crippen LogP contribution is -2.28. The number of hydrogen-bond acceptors (Lipinski definition) is 13. The Balaban J connectivity index is 1.53. The van der Waals surface area contributed by atoms with Crippen molar-refractivity contribution < 1.29 is 50.5 Å². The van der Waals surface area contributed by atoms with Crippen LogP contribution in [0.15, 0.2) is 94.6 Å². The number of sulfone groups is 2. The largest absolute Gasteiger partial charge is 0.461 e. The van der Waals surface area contributed by atoms with Crippen LogP contribution in [0.5, 0.6) is 11.5 Å². The van der Waals surface area contributed by atoms with Gasteiger partial charge in [-0.05, 0) is 83.6 Å². The highest BCUT2D eigenvalue weighted by atomic mass is 79.9. The third-order valence-electron chi connectivity index (χ3n) is 9.68. The summed E-state index contributed by atoms with van der Waals surface area (Å²) in [5.74, 6) is -1.79. The van der Waals surface area contributed by atoms with Crippen molar-refractivity contribution in [3.63, 3.8) is 0 Å². The predicted octanol–water partition coefficient (Wildman–Crippen LogP) is 4.89. The van der Waals surface area contributed by atoms with Gasteiger partial charge in [-0.3, -0.25) is 4.90 Å². The number of carbonyl (C=O) groups is 2. The molecule has 3 aliphatic rings. The topological polar surface area (TPSA) is 166 Å². The van der Waals surface area contributed by atoms with E-state index in [1.165, 1.54) is 25.1 Å². The van der Waals surface area contributed by atoms with Crippen LogP contribution in [0.1, 0.15) is 46.7 Å². The minimum atomic E-state index is -3.51. The van der Waals surface area contributed by atoms with Gasteiger partial charge in [-0.15, -0.1) is 0 Å². The lowest BCUT2D eigenvalue weighted by molar-refractivity contribution is -0.142. The average molecular weight is 886 g/mol. The Morgan fingerprint density at radius 2 is 1.39 bits per heavy atom. The van der Waals surface area contributed by atoms with Gasteiger partial charge in [-0.25, -0.2) is 26.4 Å². The predicted molar refractivity (Wildman–Crippen MR) is 217 cm³/mol. The van der Waals surface area contributed by atoms with Crippen molar-refractivity contribution in [2.24, 2.45) is 0 Å². The summed E-state index contributed by atoms with van der Waals surface area (Å²) in [6.45, 7) is 1.97. The summed E-state index contributed by atoms with van der Waals surface area (Å²) >= 11 is 3.67. The first-order valence-electron chi connectivity index (χ1n) is 18.4. The van der Waals surface area contributed by atoms with Gasteiger partial charge in [-0.1, -0.05) is 64.5 Å². The summed E-state index contributed by atoms with van der Waals surface area (Å²) in [5.41, 5.74) is 4.08. The first-order valence-corrected chi connectivity index (χ1v) is 23.3. The molecule has 13 nitrogen and oxygen atoms in total. The van der Waals surface area contributed by atoms with Crippen LogP contribution < -0.4 is 9.47 Å². The molecule has 0 aromatic heterocycles. The second-order valence-electron chi connectivity index (χ2n) is 14.2. The first kappa shape index (κ1) is 42.1. The summed E-state index contributed by atoms with van der Waals surface area (Å²) in [5, 5.41) is 9.79. The zero-order valence-corrected chi connectivity index (χ0v) is 34.9. The van der Waals surface area contributed by atoms with Crippen LogP contribution in [-0.2, 0) is 58.4 Å². The molecule has 0 aliphatic carbocycles. The average Bonchev–Trinajstić information content (AvgIpc) is 3.84. The van der Waals surface area contributed by atoms with Crippen molar-refractivity contribution in [3.8, 4) is 11.5 Å². The van der Waals surface area contributed by atoms with Gasteiger partial charge in [0.2, 0.25) is 6.79 Å². The summed E-state index contributed by atoms with van der Waals surface area (Å²) in [4.78, 5) is 32.4. The quantitative estimate of drug-likeness (QED) is 0.205. The minimum absolute atomic E-state index is 0.0570. The number of hydrogen-bond donors (Lipinski definition) is 1. The number of esters is 2. The third-order valence-corrected chi connectivity index (χ3v) is 12.2. The van der Waals surface area contributed by atoms with E-state index in [4.69, 9.17) is 18.9 Å². The molecule has 304 valence electrons. The van der Waals surface area contributed by atoms with Crippen molar-refractivity contribution >= 4 is 53.1 Å². The fourth-order valence-electron chi connectivity index (χ4n) is 6.63. The Morgan fingerprint density at radius 1 is 0.807 bits per heavy atom. The number of allylic oxidation sites excluding steroid dienone is 2. The zero-order chi connectivity index (χ0) is 40.7. The number of benzene rings is 3. The molecule has 57 heavy (non-hydrogen) atoms. The van der Waals surface area contributed by atoms with Gasteiger partial charge in [0.15, 0.2) is 31.2 Å². The second-order valence-corrected chi connectivity index (χ2v) is 19.6. The standard InChI is InChI=1S/C41H45BrN2O11S2/c1-56(48,49)17-15-52-40(46)34-19-32(30-9-7-29(26-45)8-10-30)20-37(31-11-5-28(6-12-31)23-43-13-3-4-14-43)44(25-35(34)41(47)53-16-18-57(2,50)51)24-33-21-38-39(22-36(33)42)55-27-54-38/h5-12,19-22,25,37,45H,3-4,13-18,23-24,26-27H2,1-2H3. The summed E-state index contributed by atoms with van der Waals surface area (Å²) in [7, 11) is -7.02. The van der Waals surface area contributed by atoms with Crippen LogP contribution in [0.4, 0.5) is 0 Å². The SMILES string of the molecule is CS(=O)(=O)CCOC(=O)C1=CC(c2ccc(CO)cc2)=CC(c2ccc(CN3CCCC3)cc2)N(Cc2cc3c(cc2Br)OCO3)C=C1C(=O)OCCS(C)(=O)=O. The fraction of sp³-hybridized carbons (Fsp3) is 0.366. The number of aliphatic hydroxyl groups excluding tert-OH is 1. The number of halogens is 1. The monoisotopic (exact) mass is 884 g/mol. The molecular weight excluding hydrogens is 840 g/mol. The molecule has 6 rings (SSSR count). The molecule has 1 atom stereocenters. The smallest absolute Gasteiger partial charge is 0.340 e. The van der Waals surface area contributed by atoms with E-state index >= 15 is 0 Å². The van der Waals surface area contributed by atoms with Crippen LogP contribution in [0.25, 0.3) is 5.57 Å². The van der Waals surface area contributed by atoms with E-state index in [9.17, 15) is 31.5 Å². The van der Waals surface area contributed by atoms with Gasteiger partial charge in [0, 0.05) is 36.3 Å². The number of fused-ring (bicyclic) bond motifs is 1. The molecule has 0 radical (unpaired) electrons. The molecule has 3 aliphatic heterocycles. The van der Waals surface area contributed by atoms with E-state index in [1.807, 2.05) is 29.2 Å². The highest BCUT2D eigenvalue weighted by Crippen LogP contribution is 2.40. The van der Waals surface area contributed by atoms with Gasteiger partial charge in [0.05, 0.1) is 35.3 Å². The minimum Gasteiger partial charge on any atom is -0.461 e. The maximum Gasteiger partial charge on any atom is 0.340 e. The number of ether oxygens (including phenoxy) is 4. The maximum atomic E-state index is 14.1. The highest BCUT2D eigenvalue weighted by Gasteiger charge is 2.31.